The van der Waals surface area contributed by atoms with Gasteiger partial charge < -0.3 is 5.73 Å². The standard InChI is InChI=1S/C12H10Cl2FN3O2S/c1-6-4-10(13)17-12(14)11(6)18-21(19,20)9-3-2-7(15)5-8(9)16/h2-5,18H,16H2,1H3. The second-order valence-corrected chi connectivity index (χ2v) is 6.61. The van der Waals surface area contributed by atoms with Crippen molar-refractivity contribution in [1.82, 2.24) is 4.98 Å². The molecule has 2 rings (SSSR count). The molecule has 2 aromatic rings. The molecule has 112 valence electrons. The van der Waals surface area contributed by atoms with Crippen LogP contribution in [0.25, 0.3) is 0 Å². The topological polar surface area (TPSA) is 85.1 Å². The van der Waals surface area contributed by atoms with Gasteiger partial charge in [-0.15, -0.1) is 0 Å². The molecule has 0 fully saturated rings. The highest BCUT2D eigenvalue weighted by molar-refractivity contribution is 7.92. The van der Waals surface area contributed by atoms with Crippen LogP contribution in [0.1, 0.15) is 5.56 Å². The van der Waals surface area contributed by atoms with Gasteiger partial charge in [0.1, 0.15) is 15.9 Å². The minimum absolute atomic E-state index is 0.0878. The average molecular weight is 350 g/mol. The first kappa shape index (κ1) is 15.8. The monoisotopic (exact) mass is 349 g/mol. The molecule has 0 unspecified atom stereocenters. The van der Waals surface area contributed by atoms with Gasteiger partial charge in [0.25, 0.3) is 10.0 Å². The van der Waals surface area contributed by atoms with Crippen LogP contribution in [0.3, 0.4) is 0 Å². The molecule has 21 heavy (non-hydrogen) atoms. The van der Waals surface area contributed by atoms with Gasteiger partial charge in [-0.3, -0.25) is 4.72 Å². The van der Waals surface area contributed by atoms with Crippen LogP contribution in [-0.2, 0) is 10.0 Å². The van der Waals surface area contributed by atoms with Gasteiger partial charge in [0, 0.05) is 0 Å². The van der Waals surface area contributed by atoms with Crippen molar-refractivity contribution < 1.29 is 12.8 Å². The molecule has 0 bridgehead atoms. The lowest BCUT2D eigenvalue weighted by Gasteiger charge is -2.13. The second-order valence-electron chi connectivity index (χ2n) is 4.22. The predicted octanol–water partition coefficient (Wildman–Crippen LogP) is 3.22. The summed E-state index contributed by atoms with van der Waals surface area (Å²) in [4.78, 5) is 3.51. The normalized spacial score (nSPS) is 11.4. The third-order valence-electron chi connectivity index (χ3n) is 2.64. The van der Waals surface area contributed by atoms with Crippen LogP contribution in [0, 0.1) is 12.7 Å². The zero-order valence-corrected chi connectivity index (χ0v) is 13.0. The molecule has 5 nitrogen and oxygen atoms in total. The molecular formula is C12H10Cl2FN3O2S. The summed E-state index contributed by atoms with van der Waals surface area (Å²) in [6.07, 6.45) is 0. The van der Waals surface area contributed by atoms with Crippen molar-refractivity contribution in [2.45, 2.75) is 11.8 Å². The summed E-state index contributed by atoms with van der Waals surface area (Å²) in [6, 6.07) is 4.45. The lowest BCUT2D eigenvalue weighted by Crippen LogP contribution is -2.16. The SMILES string of the molecule is Cc1cc(Cl)nc(Cl)c1NS(=O)(=O)c1ccc(F)cc1N. The first-order chi connectivity index (χ1) is 9.70. The molecule has 0 radical (unpaired) electrons. The van der Waals surface area contributed by atoms with Crippen LogP contribution in [-0.4, -0.2) is 13.4 Å². The Labute approximate surface area is 130 Å². The van der Waals surface area contributed by atoms with E-state index in [1.54, 1.807) is 6.92 Å². The lowest BCUT2D eigenvalue weighted by molar-refractivity contribution is 0.600. The molecule has 1 aromatic carbocycles. The number of rotatable bonds is 3. The third-order valence-corrected chi connectivity index (χ3v) is 4.53. The van der Waals surface area contributed by atoms with E-state index in [0.29, 0.717) is 5.56 Å². The molecular weight excluding hydrogens is 340 g/mol. The summed E-state index contributed by atoms with van der Waals surface area (Å²) in [6.45, 7) is 1.62. The Kier molecular flexibility index (Phi) is 4.27. The Bertz CT molecular complexity index is 789. The Balaban J connectivity index is 2.47. The van der Waals surface area contributed by atoms with E-state index in [4.69, 9.17) is 28.9 Å². The second kappa shape index (κ2) is 5.67. The molecule has 0 amide bonds. The number of nitrogen functional groups attached to an aromatic ring is 1. The summed E-state index contributed by atoms with van der Waals surface area (Å²) in [5.41, 5.74) is 5.90. The molecule has 0 atom stereocenters. The Morgan fingerprint density at radius 2 is 1.95 bits per heavy atom. The van der Waals surface area contributed by atoms with E-state index in [1.165, 1.54) is 6.07 Å². The van der Waals surface area contributed by atoms with Crippen LogP contribution in [0.5, 0.6) is 0 Å². The number of hydrogen-bond acceptors (Lipinski definition) is 4. The molecule has 0 saturated carbocycles. The van der Waals surface area contributed by atoms with Crippen molar-refractivity contribution in [1.29, 1.82) is 0 Å². The first-order valence-electron chi connectivity index (χ1n) is 5.61. The van der Waals surface area contributed by atoms with E-state index < -0.39 is 15.8 Å². The molecule has 1 aromatic heterocycles. The van der Waals surface area contributed by atoms with Crippen molar-refractivity contribution >= 4 is 44.6 Å². The maximum absolute atomic E-state index is 13.0. The van der Waals surface area contributed by atoms with Crippen molar-refractivity contribution in [3.8, 4) is 0 Å². The highest BCUT2D eigenvalue weighted by atomic mass is 35.5. The number of aromatic nitrogens is 1. The lowest BCUT2D eigenvalue weighted by atomic mass is 10.3. The Hall–Kier alpha value is -1.57. The van der Waals surface area contributed by atoms with Crippen molar-refractivity contribution in [2.75, 3.05) is 10.5 Å². The highest BCUT2D eigenvalue weighted by Crippen LogP contribution is 2.30. The number of benzene rings is 1. The number of nitrogens with two attached hydrogens (primary N) is 1. The van der Waals surface area contributed by atoms with Crippen LogP contribution in [0.4, 0.5) is 15.8 Å². The van der Waals surface area contributed by atoms with Crippen LogP contribution in [0.2, 0.25) is 10.3 Å². The number of halogens is 3. The van der Waals surface area contributed by atoms with Gasteiger partial charge in [-0.25, -0.2) is 17.8 Å². The van der Waals surface area contributed by atoms with Gasteiger partial charge in [0.15, 0.2) is 5.15 Å². The van der Waals surface area contributed by atoms with Crippen molar-refractivity contribution in [3.05, 3.63) is 46.0 Å². The van der Waals surface area contributed by atoms with E-state index in [0.717, 1.165) is 18.2 Å². The van der Waals surface area contributed by atoms with Gasteiger partial charge in [0.05, 0.1) is 11.4 Å². The number of anilines is 2. The zero-order chi connectivity index (χ0) is 15.8. The van der Waals surface area contributed by atoms with Crippen molar-refractivity contribution in [2.24, 2.45) is 0 Å². The van der Waals surface area contributed by atoms with E-state index in [-0.39, 0.29) is 26.6 Å². The van der Waals surface area contributed by atoms with E-state index in [1.807, 2.05) is 0 Å². The molecule has 0 aliphatic rings. The van der Waals surface area contributed by atoms with Gasteiger partial charge in [-0.2, -0.15) is 0 Å². The van der Waals surface area contributed by atoms with Crippen LogP contribution < -0.4 is 10.5 Å². The number of hydrogen-bond donors (Lipinski definition) is 2. The fraction of sp³-hybridized carbons (Fsp3) is 0.0833. The smallest absolute Gasteiger partial charge is 0.264 e. The molecule has 1 heterocycles. The van der Waals surface area contributed by atoms with Crippen molar-refractivity contribution in [3.63, 3.8) is 0 Å². The first-order valence-corrected chi connectivity index (χ1v) is 7.85. The molecule has 9 heteroatoms. The Morgan fingerprint density at radius 1 is 1.29 bits per heavy atom. The fourth-order valence-electron chi connectivity index (χ4n) is 1.67. The quantitative estimate of drug-likeness (QED) is 0.658. The van der Waals surface area contributed by atoms with Crippen LogP contribution in [0.15, 0.2) is 29.2 Å². The molecule has 0 saturated heterocycles. The molecule has 3 N–H and O–H groups in total. The Morgan fingerprint density at radius 3 is 2.52 bits per heavy atom. The molecule has 0 aliphatic heterocycles. The third kappa shape index (κ3) is 3.37. The largest absolute Gasteiger partial charge is 0.398 e. The van der Waals surface area contributed by atoms with Gasteiger partial charge in [0.2, 0.25) is 0 Å². The predicted molar refractivity (Wildman–Crippen MR) is 80.6 cm³/mol. The molecule has 0 spiro atoms. The summed E-state index contributed by atoms with van der Waals surface area (Å²) >= 11 is 11.6. The molecule has 0 aliphatic carbocycles. The summed E-state index contributed by atoms with van der Waals surface area (Å²) < 4.78 is 39.8. The number of nitrogens with zero attached hydrogens (tertiary/aromatic N) is 1. The maximum atomic E-state index is 13.0. The maximum Gasteiger partial charge on any atom is 0.264 e. The van der Waals surface area contributed by atoms with Gasteiger partial charge in [-0.1, -0.05) is 23.2 Å². The number of nitrogens with one attached hydrogen (secondary N) is 1. The van der Waals surface area contributed by atoms with E-state index >= 15 is 0 Å². The zero-order valence-electron chi connectivity index (χ0n) is 10.7. The summed E-state index contributed by atoms with van der Waals surface area (Å²) in [5, 5.41) is 0.0472. The minimum atomic E-state index is -4.03. The fourth-order valence-corrected chi connectivity index (χ4v) is 3.56. The van der Waals surface area contributed by atoms with E-state index in [2.05, 4.69) is 9.71 Å². The van der Waals surface area contributed by atoms with E-state index in [9.17, 15) is 12.8 Å². The van der Waals surface area contributed by atoms with Gasteiger partial charge in [-0.05, 0) is 36.8 Å². The van der Waals surface area contributed by atoms with Crippen LogP contribution >= 0.6 is 23.2 Å². The van der Waals surface area contributed by atoms with Gasteiger partial charge >= 0.3 is 0 Å². The summed E-state index contributed by atoms with van der Waals surface area (Å²) in [5.74, 6) is -0.631. The highest BCUT2D eigenvalue weighted by Gasteiger charge is 2.21. The number of sulfonamides is 1. The number of pyridine rings is 1. The minimum Gasteiger partial charge on any atom is -0.398 e. The summed E-state index contributed by atoms with van der Waals surface area (Å²) in [7, 11) is -4.03. The number of aryl methyl sites for hydroxylation is 1. The average Bonchev–Trinajstić information content (AvgIpc) is 2.33.